The average Bonchev–Trinajstić information content (AvgIpc) is 2.31. The minimum absolute atomic E-state index is 0.0198. The first-order chi connectivity index (χ1) is 8.16. The Hall–Kier alpha value is -1.22. The van der Waals surface area contributed by atoms with Crippen LogP contribution in [0, 0.1) is 0 Å². The molecule has 0 radical (unpaired) electrons. The first-order valence-corrected chi connectivity index (χ1v) is 6.42. The third kappa shape index (κ3) is 1.69. The molecule has 0 amide bonds. The van der Waals surface area contributed by atoms with Gasteiger partial charge in [0.15, 0.2) is 11.5 Å². The fourth-order valence-electron chi connectivity index (χ4n) is 3.51. The van der Waals surface area contributed by atoms with Crippen LogP contribution in [0.2, 0.25) is 0 Å². The van der Waals surface area contributed by atoms with Gasteiger partial charge >= 0.3 is 0 Å². The van der Waals surface area contributed by atoms with Crippen LogP contribution in [-0.2, 0) is 6.42 Å². The van der Waals surface area contributed by atoms with E-state index in [2.05, 4.69) is 11.9 Å². The molecule has 2 aliphatic rings. The van der Waals surface area contributed by atoms with E-state index in [1.54, 1.807) is 12.1 Å². The highest BCUT2D eigenvalue weighted by atomic mass is 16.3. The van der Waals surface area contributed by atoms with E-state index in [4.69, 9.17) is 0 Å². The Labute approximate surface area is 102 Å². The van der Waals surface area contributed by atoms with Gasteiger partial charge in [0.25, 0.3) is 0 Å². The molecule has 0 aromatic heterocycles. The highest BCUT2D eigenvalue weighted by molar-refractivity contribution is 5.48. The number of likely N-dealkylation sites (tertiary alicyclic amines) is 1. The first kappa shape index (κ1) is 10.9. The number of piperidine rings is 1. The van der Waals surface area contributed by atoms with Crippen LogP contribution in [0.25, 0.3) is 0 Å². The molecule has 1 aromatic carbocycles. The molecule has 1 aliphatic carbocycles. The second-order valence-electron chi connectivity index (χ2n) is 5.38. The number of aromatic hydroxyl groups is 2. The zero-order chi connectivity index (χ0) is 12.0. The average molecular weight is 233 g/mol. The molecule has 1 aliphatic heterocycles. The van der Waals surface area contributed by atoms with Gasteiger partial charge in [-0.2, -0.15) is 0 Å². The number of phenols is 2. The zero-order valence-corrected chi connectivity index (χ0v) is 10.2. The lowest BCUT2D eigenvalue weighted by Crippen LogP contribution is -2.43. The molecule has 3 heteroatoms. The van der Waals surface area contributed by atoms with Crippen molar-refractivity contribution in [3.05, 3.63) is 23.3 Å². The number of benzene rings is 1. The first-order valence-electron chi connectivity index (χ1n) is 6.42. The van der Waals surface area contributed by atoms with Crippen molar-refractivity contribution in [2.45, 2.75) is 37.6 Å². The van der Waals surface area contributed by atoms with E-state index >= 15 is 0 Å². The summed E-state index contributed by atoms with van der Waals surface area (Å²) in [6, 6.07) is 4.14. The van der Waals surface area contributed by atoms with E-state index in [0.29, 0.717) is 12.0 Å². The Morgan fingerprint density at radius 2 is 1.94 bits per heavy atom. The van der Waals surface area contributed by atoms with Gasteiger partial charge in [-0.25, -0.2) is 0 Å². The van der Waals surface area contributed by atoms with Crippen LogP contribution >= 0.6 is 0 Å². The van der Waals surface area contributed by atoms with E-state index in [-0.39, 0.29) is 11.5 Å². The second kappa shape index (κ2) is 3.91. The highest BCUT2D eigenvalue weighted by Gasteiger charge is 2.35. The molecule has 17 heavy (non-hydrogen) atoms. The monoisotopic (exact) mass is 233 g/mol. The van der Waals surface area contributed by atoms with Crippen LogP contribution in [0.3, 0.4) is 0 Å². The predicted molar refractivity (Wildman–Crippen MR) is 66.5 cm³/mol. The Kier molecular flexibility index (Phi) is 2.51. The molecule has 2 atom stereocenters. The molecule has 2 N–H and O–H groups in total. The van der Waals surface area contributed by atoms with Crippen molar-refractivity contribution in [3.8, 4) is 11.5 Å². The molecule has 92 valence electrons. The lowest BCUT2D eigenvalue weighted by molar-refractivity contribution is 0.143. The molecule has 1 saturated heterocycles. The zero-order valence-electron chi connectivity index (χ0n) is 10.2. The Balaban J connectivity index is 2.03. The van der Waals surface area contributed by atoms with Gasteiger partial charge < -0.3 is 15.1 Å². The van der Waals surface area contributed by atoms with Gasteiger partial charge in [0.1, 0.15) is 0 Å². The quantitative estimate of drug-likeness (QED) is 0.675. The SMILES string of the molecule is CN1CCC[C@@H]2c3cc(O)c(O)cc3CC[C@H]21. The Bertz CT molecular complexity index is 444. The summed E-state index contributed by atoms with van der Waals surface area (Å²) in [5.74, 6) is 0.577. The maximum Gasteiger partial charge on any atom is 0.157 e. The van der Waals surface area contributed by atoms with Crippen LogP contribution < -0.4 is 0 Å². The highest BCUT2D eigenvalue weighted by Crippen LogP contribution is 2.43. The molecule has 1 fully saturated rings. The molecular formula is C14H19NO2. The summed E-state index contributed by atoms with van der Waals surface area (Å²) in [6.07, 6.45) is 4.60. The van der Waals surface area contributed by atoms with E-state index < -0.39 is 0 Å². The van der Waals surface area contributed by atoms with Crippen molar-refractivity contribution in [3.63, 3.8) is 0 Å². The van der Waals surface area contributed by atoms with Crippen LogP contribution in [0.4, 0.5) is 0 Å². The fraction of sp³-hybridized carbons (Fsp3) is 0.571. The summed E-state index contributed by atoms with van der Waals surface area (Å²) < 4.78 is 0. The van der Waals surface area contributed by atoms with Crippen molar-refractivity contribution in [2.75, 3.05) is 13.6 Å². The van der Waals surface area contributed by atoms with Gasteiger partial charge in [-0.1, -0.05) is 0 Å². The molecule has 3 nitrogen and oxygen atoms in total. The topological polar surface area (TPSA) is 43.7 Å². The summed E-state index contributed by atoms with van der Waals surface area (Å²) >= 11 is 0. The molecule has 0 unspecified atom stereocenters. The van der Waals surface area contributed by atoms with Crippen molar-refractivity contribution in [1.29, 1.82) is 0 Å². The predicted octanol–water partition coefficient (Wildman–Crippen LogP) is 2.22. The van der Waals surface area contributed by atoms with Crippen LogP contribution in [0.1, 0.15) is 36.3 Å². The molecule has 0 spiro atoms. The molecule has 1 heterocycles. The van der Waals surface area contributed by atoms with Crippen molar-refractivity contribution in [1.82, 2.24) is 4.90 Å². The number of hydrogen-bond acceptors (Lipinski definition) is 3. The van der Waals surface area contributed by atoms with Crippen molar-refractivity contribution >= 4 is 0 Å². The van der Waals surface area contributed by atoms with E-state index in [0.717, 1.165) is 6.42 Å². The van der Waals surface area contributed by atoms with Gasteiger partial charge in [0.2, 0.25) is 0 Å². The van der Waals surface area contributed by atoms with Crippen LogP contribution in [-0.4, -0.2) is 34.7 Å². The molecule has 0 bridgehead atoms. The summed E-state index contributed by atoms with van der Waals surface area (Å²) in [5.41, 5.74) is 2.47. The lowest BCUT2D eigenvalue weighted by Gasteiger charge is -2.43. The fourth-order valence-corrected chi connectivity index (χ4v) is 3.51. The maximum absolute atomic E-state index is 9.67. The van der Waals surface area contributed by atoms with E-state index in [9.17, 15) is 10.2 Å². The standard InChI is InChI=1S/C14H19NO2/c1-15-6-2-3-10-11-8-14(17)13(16)7-9(11)4-5-12(10)15/h7-8,10,12,16-17H,2-6H2,1H3/t10-,12-/m1/s1. The summed E-state index contributed by atoms with van der Waals surface area (Å²) in [6.45, 7) is 1.18. The largest absolute Gasteiger partial charge is 0.504 e. The number of aryl methyl sites for hydroxylation is 1. The molecular weight excluding hydrogens is 214 g/mol. The van der Waals surface area contributed by atoms with E-state index in [1.165, 1.54) is 36.9 Å². The van der Waals surface area contributed by atoms with Crippen molar-refractivity contribution in [2.24, 2.45) is 0 Å². The van der Waals surface area contributed by atoms with E-state index in [1.807, 2.05) is 0 Å². The number of phenolic OH excluding ortho intramolecular Hbond substituents is 2. The van der Waals surface area contributed by atoms with Gasteiger partial charge in [-0.15, -0.1) is 0 Å². The number of hydrogen-bond donors (Lipinski definition) is 2. The molecule has 0 saturated carbocycles. The van der Waals surface area contributed by atoms with Gasteiger partial charge in [-0.3, -0.25) is 0 Å². The number of likely N-dealkylation sites (N-methyl/N-ethyl adjacent to an activating group) is 1. The maximum atomic E-state index is 9.67. The number of rotatable bonds is 0. The number of nitrogens with zero attached hydrogens (tertiary/aromatic N) is 1. The third-order valence-electron chi connectivity index (χ3n) is 4.40. The minimum Gasteiger partial charge on any atom is -0.504 e. The summed E-state index contributed by atoms with van der Waals surface area (Å²) in [5, 5.41) is 19.2. The van der Waals surface area contributed by atoms with Gasteiger partial charge in [0, 0.05) is 6.04 Å². The smallest absolute Gasteiger partial charge is 0.157 e. The van der Waals surface area contributed by atoms with Crippen LogP contribution in [0.15, 0.2) is 12.1 Å². The lowest BCUT2D eigenvalue weighted by atomic mass is 9.74. The summed E-state index contributed by atoms with van der Waals surface area (Å²) in [7, 11) is 2.20. The Morgan fingerprint density at radius 1 is 1.18 bits per heavy atom. The number of fused-ring (bicyclic) bond motifs is 3. The van der Waals surface area contributed by atoms with Crippen LogP contribution in [0.5, 0.6) is 11.5 Å². The minimum atomic E-state index is 0.0198. The summed E-state index contributed by atoms with van der Waals surface area (Å²) in [4.78, 5) is 2.45. The molecule has 1 aromatic rings. The van der Waals surface area contributed by atoms with Crippen molar-refractivity contribution < 1.29 is 10.2 Å². The second-order valence-corrected chi connectivity index (χ2v) is 5.38. The van der Waals surface area contributed by atoms with Gasteiger partial charge in [-0.05, 0) is 68.5 Å². The normalized spacial score (nSPS) is 28.5. The molecule has 3 rings (SSSR count). The van der Waals surface area contributed by atoms with Gasteiger partial charge in [0.05, 0.1) is 0 Å². The Morgan fingerprint density at radius 3 is 2.76 bits per heavy atom. The third-order valence-corrected chi connectivity index (χ3v) is 4.40.